The second-order valence-corrected chi connectivity index (χ2v) is 8.42. The predicted molar refractivity (Wildman–Crippen MR) is 113 cm³/mol. The molecule has 152 valence electrons. The molecule has 0 spiro atoms. The summed E-state index contributed by atoms with van der Waals surface area (Å²) in [5.74, 6) is 1.77. The van der Waals surface area contributed by atoms with Gasteiger partial charge in [-0.25, -0.2) is 4.68 Å². The van der Waals surface area contributed by atoms with E-state index in [-0.39, 0.29) is 5.91 Å². The van der Waals surface area contributed by atoms with Crippen molar-refractivity contribution in [2.45, 2.75) is 50.9 Å². The van der Waals surface area contributed by atoms with Gasteiger partial charge in [-0.1, -0.05) is 42.7 Å². The number of hydrogen-bond donors (Lipinski definition) is 1. The summed E-state index contributed by atoms with van der Waals surface area (Å²) in [5.41, 5.74) is 3.11. The molecule has 0 bridgehead atoms. The van der Waals surface area contributed by atoms with Gasteiger partial charge in [0.05, 0.1) is 36.0 Å². The third-order valence-electron chi connectivity index (χ3n) is 5.08. The van der Waals surface area contributed by atoms with E-state index in [9.17, 15) is 4.79 Å². The number of hydrogen-bond acceptors (Lipinski definition) is 6. The summed E-state index contributed by atoms with van der Waals surface area (Å²) in [5, 5.41) is 19.3. The van der Waals surface area contributed by atoms with Gasteiger partial charge in [-0.3, -0.25) is 9.48 Å². The molecule has 1 amide bonds. The number of rotatable bonds is 8. The molecule has 3 aromatic rings. The number of benzene rings is 1. The number of aromatic nitrogens is 6. The quantitative estimate of drug-likeness (QED) is 0.612. The van der Waals surface area contributed by atoms with Crippen LogP contribution in [-0.4, -0.2) is 41.6 Å². The molecule has 4 rings (SSSR count). The molecule has 0 saturated heterocycles. The minimum atomic E-state index is -0.0511. The van der Waals surface area contributed by atoms with Crippen LogP contribution in [0.4, 0.5) is 5.69 Å². The summed E-state index contributed by atoms with van der Waals surface area (Å²) >= 11 is 1.52. The molecule has 1 aliphatic carbocycles. The smallest absolute Gasteiger partial charge is 0.234 e. The molecule has 0 unspecified atom stereocenters. The lowest BCUT2D eigenvalue weighted by Gasteiger charge is -2.10. The van der Waals surface area contributed by atoms with Crippen LogP contribution in [0, 0.1) is 6.92 Å². The summed E-state index contributed by atoms with van der Waals surface area (Å²) in [6, 6.07) is 8.76. The number of thioether (sulfide) groups is 1. The molecule has 8 nitrogen and oxygen atoms in total. The lowest BCUT2D eigenvalue weighted by atomic mass is 10.1. The number of amides is 1. The molecule has 2 aromatic heterocycles. The highest BCUT2D eigenvalue weighted by Gasteiger charge is 2.21. The Bertz CT molecular complexity index is 944. The number of anilines is 1. The number of nitrogens with one attached hydrogen (secondary N) is 1. The molecule has 1 saturated carbocycles. The van der Waals surface area contributed by atoms with Crippen LogP contribution in [0.2, 0.25) is 0 Å². The molecule has 2 heterocycles. The van der Waals surface area contributed by atoms with Crippen LogP contribution in [0.15, 0.2) is 36.7 Å². The molecule has 0 atom stereocenters. The highest BCUT2D eigenvalue weighted by molar-refractivity contribution is 7.99. The number of nitrogens with zero attached hydrogens (tertiary/aromatic N) is 6. The monoisotopic (exact) mass is 411 g/mol. The minimum Gasteiger partial charge on any atom is -0.323 e. The van der Waals surface area contributed by atoms with Crippen molar-refractivity contribution >= 4 is 23.4 Å². The first-order chi connectivity index (χ1) is 14.2. The van der Waals surface area contributed by atoms with Crippen LogP contribution in [0.5, 0.6) is 0 Å². The lowest BCUT2D eigenvalue weighted by molar-refractivity contribution is -0.113. The molecule has 0 radical (unpaired) electrons. The van der Waals surface area contributed by atoms with E-state index in [0.717, 1.165) is 18.7 Å². The second-order valence-electron chi connectivity index (χ2n) is 7.43. The summed E-state index contributed by atoms with van der Waals surface area (Å²) in [4.78, 5) is 12.3. The molecule has 29 heavy (non-hydrogen) atoms. The van der Waals surface area contributed by atoms with E-state index < -0.39 is 0 Å². The zero-order valence-corrected chi connectivity index (χ0v) is 17.3. The van der Waals surface area contributed by atoms with Crippen LogP contribution < -0.4 is 5.32 Å². The molecular formula is C20H25N7OS. The van der Waals surface area contributed by atoms with Crippen molar-refractivity contribution in [1.29, 1.82) is 0 Å². The zero-order chi connectivity index (χ0) is 20.1. The van der Waals surface area contributed by atoms with Crippen molar-refractivity contribution < 1.29 is 4.79 Å². The van der Waals surface area contributed by atoms with Crippen LogP contribution in [-0.2, 0) is 17.1 Å². The molecule has 1 aromatic carbocycles. The largest absolute Gasteiger partial charge is 0.323 e. The van der Waals surface area contributed by atoms with E-state index in [0.29, 0.717) is 29.8 Å². The molecule has 1 fully saturated rings. The van der Waals surface area contributed by atoms with E-state index in [2.05, 4.69) is 57.1 Å². The van der Waals surface area contributed by atoms with Gasteiger partial charge < -0.3 is 5.32 Å². The number of carbonyl (C=O) groups is 1. The third-order valence-corrected chi connectivity index (χ3v) is 6.01. The third kappa shape index (κ3) is 5.23. The summed E-state index contributed by atoms with van der Waals surface area (Å²) in [7, 11) is 0. The Kier molecular flexibility index (Phi) is 6.24. The number of tetrazole rings is 1. The first-order valence-electron chi connectivity index (χ1n) is 9.90. The van der Waals surface area contributed by atoms with Crippen molar-refractivity contribution in [1.82, 2.24) is 30.0 Å². The fraction of sp³-hybridized carbons (Fsp3) is 0.450. The van der Waals surface area contributed by atoms with Crippen molar-refractivity contribution in [3.63, 3.8) is 0 Å². The Morgan fingerprint density at radius 2 is 2.03 bits per heavy atom. The standard InChI is InChI=1S/C20H25N7OS/c1-15-6-8-16(9-7-15)11-26-12-17(10-21-26)22-20(28)14-29-13-19-23-24-25-27(19)18-4-2-3-5-18/h6-10,12,18H,2-5,11,13-14H2,1H3,(H,22,28). The van der Waals surface area contributed by atoms with Crippen molar-refractivity contribution in [3.05, 3.63) is 53.6 Å². The van der Waals surface area contributed by atoms with E-state index in [1.165, 1.54) is 35.7 Å². The summed E-state index contributed by atoms with van der Waals surface area (Å²) in [6.07, 6.45) is 8.26. The Labute approximate surface area is 174 Å². The van der Waals surface area contributed by atoms with E-state index in [1.54, 1.807) is 6.20 Å². The van der Waals surface area contributed by atoms with E-state index >= 15 is 0 Å². The van der Waals surface area contributed by atoms with Crippen molar-refractivity contribution in [2.75, 3.05) is 11.1 Å². The Morgan fingerprint density at radius 3 is 2.83 bits per heavy atom. The molecule has 1 aliphatic rings. The molecular weight excluding hydrogens is 386 g/mol. The van der Waals surface area contributed by atoms with Gasteiger partial charge >= 0.3 is 0 Å². The number of aryl methyl sites for hydroxylation is 1. The van der Waals surface area contributed by atoms with Gasteiger partial charge in [0.25, 0.3) is 0 Å². The van der Waals surface area contributed by atoms with Gasteiger partial charge in [0.15, 0.2) is 5.82 Å². The van der Waals surface area contributed by atoms with Crippen LogP contribution in [0.3, 0.4) is 0 Å². The van der Waals surface area contributed by atoms with Gasteiger partial charge in [-0.05, 0) is 35.8 Å². The highest BCUT2D eigenvalue weighted by Crippen LogP contribution is 2.29. The molecule has 9 heteroatoms. The predicted octanol–water partition coefficient (Wildman–Crippen LogP) is 3.21. The fourth-order valence-corrected chi connectivity index (χ4v) is 4.30. The van der Waals surface area contributed by atoms with Gasteiger partial charge in [0, 0.05) is 6.20 Å². The van der Waals surface area contributed by atoms with E-state index in [4.69, 9.17) is 0 Å². The van der Waals surface area contributed by atoms with Crippen LogP contribution >= 0.6 is 11.8 Å². The van der Waals surface area contributed by atoms with Gasteiger partial charge in [0.2, 0.25) is 5.91 Å². The average Bonchev–Trinajstić information content (AvgIpc) is 3.45. The second kappa shape index (κ2) is 9.21. The van der Waals surface area contributed by atoms with Crippen molar-refractivity contribution in [2.24, 2.45) is 0 Å². The Morgan fingerprint density at radius 1 is 1.24 bits per heavy atom. The Hall–Kier alpha value is -2.68. The maximum Gasteiger partial charge on any atom is 0.234 e. The minimum absolute atomic E-state index is 0.0511. The normalized spacial score (nSPS) is 14.4. The highest BCUT2D eigenvalue weighted by atomic mass is 32.2. The zero-order valence-electron chi connectivity index (χ0n) is 16.5. The van der Waals surface area contributed by atoms with Gasteiger partial charge in [-0.15, -0.1) is 16.9 Å². The van der Waals surface area contributed by atoms with Gasteiger partial charge in [-0.2, -0.15) is 5.10 Å². The maximum atomic E-state index is 12.3. The number of carbonyl (C=O) groups excluding carboxylic acids is 1. The maximum absolute atomic E-state index is 12.3. The molecule has 1 N–H and O–H groups in total. The van der Waals surface area contributed by atoms with Crippen LogP contribution in [0.1, 0.15) is 48.7 Å². The first-order valence-corrected chi connectivity index (χ1v) is 11.1. The van der Waals surface area contributed by atoms with Crippen LogP contribution in [0.25, 0.3) is 0 Å². The topological polar surface area (TPSA) is 90.5 Å². The SMILES string of the molecule is Cc1ccc(Cn2cc(NC(=O)CSCc3nnnn3C3CCCC3)cn2)cc1. The van der Waals surface area contributed by atoms with E-state index in [1.807, 2.05) is 15.6 Å². The van der Waals surface area contributed by atoms with Gasteiger partial charge in [0.1, 0.15) is 0 Å². The summed E-state index contributed by atoms with van der Waals surface area (Å²) in [6.45, 7) is 2.74. The summed E-state index contributed by atoms with van der Waals surface area (Å²) < 4.78 is 3.76. The Balaban J connectivity index is 1.24. The molecule has 0 aliphatic heterocycles. The average molecular weight is 412 g/mol. The first kappa shape index (κ1) is 19.6. The van der Waals surface area contributed by atoms with Crippen molar-refractivity contribution in [3.8, 4) is 0 Å². The fourth-order valence-electron chi connectivity index (χ4n) is 3.57. The lowest BCUT2D eigenvalue weighted by Crippen LogP contribution is -2.15.